The molecular weight excluding hydrogens is 186 g/mol. The Morgan fingerprint density at radius 2 is 2.07 bits per heavy atom. The molecule has 0 radical (unpaired) electrons. The van der Waals surface area contributed by atoms with E-state index in [9.17, 15) is 0 Å². The molecule has 1 unspecified atom stereocenters. The molecule has 1 nitrogen and oxygen atoms in total. The van der Waals surface area contributed by atoms with Gasteiger partial charge < -0.3 is 4.90 Å². The van der Waals surface area contributed by atoms with Gasteiger partial charge in [0, 0.05) is 8.80 Å². The fraction of sp³-hybridized carbons (Fsp3) is 0.833. The summed E-state index contributed by atoms with van der Waals surface area (Å²) in [7, 11) is -0.418. The van der Waals surface area contributed by atoms with Crippen LogP contribution in [0.3, 0.4) is 0 Å². The van der Waals surface area contributed by atoms with Gasteiger partial charge in [0.25, 0.3) is 0 Å². The highest BCUT2D eigenvalue weighted by molar-refractivity contribution is 6.59. The van der Waals surface area contributed by atoms with E-state index in [-0.39, 0.29) is 0 Å². The Morgan fingerprint density at radius 1 is 1.36 bits per heavy atom. The SMILES string of the molecule is C=CC[SiH](CC)CCCN1CCCC1. The minimum absolute atomic E-state index is 0.418. The van der Waals surface area contributed by atoms with Gasteiger partial charge in [-0.3, -0.25) is 0 Å². The third-order valence-corrected chi connectivity index (χ3v) is 6.74. The van der Waals surface area contributed by atoms with Crippen LogP contribution in [0.15, 0.2) is 12.7 Å². The minimum Gasteiger partial charge on any atom is -0.303 e. The van der Waals surface area contributed by atoms with E-state index in [1.807, 2.05) is 0 Å². The Kier molecular flexibility index (Phi) is 6.20. The van der Waals surface area contributed by atoms with Gasteiger partial charge in [0.1, 0.15) is 0 Å². The molecule has 1 rings (SSSR count). The summed E-state index contributed by atoms with van der Waals surface area (Å²) in [4.78, 5) is 2.63. The van der Waals surface area contributed by atoms with E-state index in [4.69, 9.17) is 0 Å². The first kappa shape index (κ1) is 12.0. The van der Waals surface area contributed by atoms with E-state index >= 15 is 0 Å². The van der Waals surface area contributed by atoms with Crippen LogP contribution in [0.25, 0.3) is 0 Å². The number of hydrogen-bond donors (Lipinski definition) is 0. The van der Waals surface area contributed by atoms with Gasteiger partial charge in [0.2, 0.25) is 0 Å². The molecular formula is C12H25NSi. The quantitative estimate of drug-likeness (QED) is 0.462. The first-order chi connectivity index (χ1) is 6.86. The van der Waals surface area contributed by atoms with Crippen molar-refractivity contribution in [3.05, 3.63) is 12.7 Å². The summed E-state index contributed by atoms with van der Waals surface area (Å²) in [6.45, 7) is 10.3. The van der Waals surface area contributed by atoms with Gasteiger partial charge in [-0.1, -0.05) is 25.1 Å². The molecule has 1 aliphatic heterocycles. The molecule has 0 aromatic rings. The number of likely N-dealkylation sites (tertiary alicyclic amines) is 1. The number of nitrogens with zero attached hydrogens (tertiary/aromatic N) is 1. The van der Waals surface area contributed by atoms with Gasteiger partial charge in [-0.15, -0.1) is 6.58 Å². The second kappa shape index (κ2) is 7.24. The van der Waals surface area contributed by atoms with E-state index in [2.05, 4.69) is 24.5 Å². The van der Waals surface area contributed by atoms with Crippen molar-refractivity contribution in [2.45, 2.75) is 44.3 Å². The lowest BCUT2D eigenvalue weighted by atomic mass is 10.4. The van der Waals surface area contributed by atoms with Crippen molar-refractivity contribution in [3.63, 3.8) is 0 Å². The molecule has 1 heterocycles. The molecule has 1 atom stereocenters. The van der Waals surface area contributed by atoms with Gasteiger partial charge >= 0.3 is 0 Å². The van der Waals surface area contributed by atoms with E-state index in [0.717, 1.165) is 0 Å². The summed E-state index contributed by atoms with van der Waals surface area (Å²) in [6, 6.07) is 4.32. The number of allylic oxidation sites excluding steroid dienone is 1. The highest BCUT2D eigenvalue weighted by Gasteiger charge is 2.12. The molecule has 0 aliphatic carbocycles. The fourth-order valence-electron chi connectivity index (χ4n) is 2.33. The van der Waals surface area contributed by atoms with Crippen LogP contribution in [0.2, 0.25) is 18.1 Å². The van der Waals surface area contributed by atoms with Crippen LogP contribution in [0.1, 0.15) is 26.2 Å². The van der Waals surface area contributed by atoms with Gasteiger partial charge in [-0.05, 0) is 44.9 Å². The van der Waals surface area contributed by atoms with Crippen molar-refractivity contribution in [2.24, 2.45) is 0 Å². The largest absolute Gasteiger partial charge is 0.303 e. The molecule has 1 saturated heterocycles. The van der Waals surface area contributed by atoms with Gasteiger partial charge in [-0.25, -0.2) is 0 Å². The van der Waals surface area contributed by atoms with Crippen LogP contribution in [0, 0.1) is 0 Å². The lowest BCUT2D eigenvalue weighted by molar-refractivity contribution is 0.339. The Labute approximate surface area is 90.8 Å². The highest BCUT2D eigenvalue weighted by atomic mass is 28.3. The van der Waals surface area contributed by atoms with E-state index in [1.165, 1.54) is 57.0 Å². The zero-order chi connectivity index (χ0) is 10.2. The van der Waals surface area contributed by atoms with Crippen LogP contribution in [-0.2, 0) is 0 Å². The molecule has 14 heavy (non-hydrogen) atoms. The van der Waals surface area contributed by atoms with Crippen molar-refractivity contribution >= 4 is 8.80 Å². The zero-order valence-corrected chi connectivity index (χ0v) is 10.8. The molecule has 1 fully saturated rings. The summed E-state index contributed by atoms with van der Waals surface area (Å²) >= 11 is 0. The summed E-state index contributed by atoms with van der Waals surface area (Å²) < 4.78 is 0. The van der Waals surface area contributed by atoms with Crippen LogP contribution >= 0.6 is 0 Å². The van der Waals surface area contributed by atoms with Crippen molar-refractivity contribution in [3.8, 4) is 0 Å². The third kappa shape index (κ3) is 4.42. The Morgan fingerprint density at radius 3 is 2.64 bits per heavy atom. The molecule has 0 N–H and O–H groups in total. The molecule has 1 aliphatic rings. The Hall–Kier alpha value is -0.0831. The molecule has 0 saturated carbocycles. The predicted molar refractivity (Wildman–Crippen MR) is 67.7 cm³/mol. The van der Waals surface area contributed by atoms with Gasteiger partial charge in [-0.2, -0.15) is 0 Å². The maximum absolute atomic E-state index is 3.86. The predicted octanol–water partition coefficient (Wildman–Crippen LogP) is 2.91. The van der Waals surface area contributed by atoms with Crippen LogP contribution < -0.4 is 0 Å². The Bertz CT molecular complexity index is 152. The van der Waals surface area contributed by atoms with E-state index < -0.39 is 8.80 Å². The maximum atomic E-state index is 3.86. The number of hydrogen-bond acceptors (Lipinski definition) is 1. The molecule has 82 valence electrons. The number of rotatable bonds is 7. The standard InChI is InChI=1S/C12H25NSi/c1-3-11-14(4-2)12-7-10-13-8-5-6-9-13/h3,14H,1,4-12H2,2H3. The van der Waals surface area contributed by atoms with Crippen molar-refractivity contribution < 1.29 is 0 Å². The van der Waals surface area contributed by atoms with Crippen LogP contribution in [0.5, 0.6) is 0 Å². The average Bonchev–Trinajstić information content (AvgIpc) is 2.69. The molecule has 0 spiro atoms. The molecule has 0 aromatic carbocycles. The van der Waals surface area contributed by atoms with Crippen molar-refractivity contribution in [1.82, 2.24) is 4.90 Å². The topological polar surface area (TPSA) is 3.24 Å². The van der Waals surface area contributed by atoms with E-state index in [1.54, 1.807) is 0 Å². The van der Waals surface area contributed by atoms with Gasteiger partial charge in [0.15, 0.2) is 0 Å². The summed E-state index contributed by atoms with van der Waals surface area (Å²) in [6.07, 6.45) is 6.44. The molecule has 0 aromatic heterocycles. The van der Waals surface area contributed by atoms with Crippen LogP contribution in [-0.4, -0.2) is 33.3 Å². The smallest absolute Gasteiger partial charge is 0.0403 e. The first-order valence-electron chi connectivity index (χ1n) is 6.20. The summed E-state index contributed by atoms with van der Waals surface area (Å²) in [5.41, 5.74) is 0. The molecule has 0 bridgehead atoms. The van der Waals surface area contributed by atoms with E-state index in [0.29, 0.717) is 0 Å². The second-order valence-electron chi connectivity index (χ2n) is 4.49. The second-order valence-corrected chi connectivity index (χ2v) is 8.09. The van der Waals surface area contributed by atoms with Gasteiger partial charge in [0.05, 0.1) is 0 Å². The Balaban J connectivity index is 2.02. The average molecular weight is 211 g/mol. The monoisotopic (exact) mass is 211 g/mol. The lowest BCUT2D eigenvalue weighted by Crippen LogP contribution is -2.22. The maximum Gasteiger partial charge on any atom is 0.0403 e. The highest BCUT2D eigenvalue weighted by Crippen LogP contribution is 2.12. The third-order valence-electron chi connectivity index (χ3n) is 3.36. The van der Waals surface area contributed by atoms with Crippen molar-refractivity contribution in [2.75, 3.05) is 19.6 Å². The minimum atomic E-state index is -0.418. The fourth-order valence-corrected chi connectivity index (χ4v) is 4.54. The first-order valence-corrected chi connectivity index (χ1v) is 8.65. The molecule has 2 heteroatoms. The van der Waals surface area contributed by atoms with Crippen LogP contribution in [0.4, 0.5) is 0 Å². The normalized spacial score (nSPS) is 19.8. The zero-order valence-electron chi connectivity index (χ0n) is 9.67. The summed E-state index contributed by atoms with van der Waals surface area (Å²) in [5, 5.41) is 0. The lowest BCUT2D eigenvalue weighted by Gasteiger charge is -2.16. The summed E-state index contributed by atoms with van der Waals surface area (Å²) in [5.74, 6) is 0. The van der Waals surface area contributed by atoms with Crippen molar-refractivity contribution in [1.29, 1.82) is 0 Å². The molecule has 0 amide bonds.